The van der Waals surface area contributed by atoms with E-state index in [-0.39, 0.29) is 12.5 Å². The Hall–Kier alpha value is -3.44. The Balaban J connectivity index is 1.78. The van der Waals surface area contributed by atoms with Crippen LogP contribution >= 0.6 is 11.6 Å². The van der Waals surface area contributed by atoms with Crippen molar-refractivity contribution >= 4 is 34.1 Å². The van der Waals surface area contributed by atoms with Gasteiger partial charge in [-0.2, -0.15) is 4.98 Å². The zero-order valence-corrected chi connectivity index (χ0v) is 16.5. The van der Waals surface area contributed by atoms with E-state index in [2.05, 4.69) is 10.3 Å². The largest absolute Gasteiger partial charge is 0.349 e. The van der Waals surface area contributed by atoms with E-state index in [4.69, 9.17) is 11.6 Å². The predicted molar refractivity (Wildman–Crippen MR) is 116 cm³/mol. The van der Waals surface area contributed by atoms with Gasteiger partial charge in [0.2, 0.25) is 5.91 Å². The van der Waals surface area contributed by atoms with Crippen molar-refractivity contribution in [3.8, 4) is 11.3 Å². The fourth-order valence-electron chi connectivity index (χ4n) is 3.27. The Bertz CT molecular complexity index is 1270. The Kier molecular flexibility index (Phi) is 5.14. The summed E-state index contributed by atoms with van der Waals surface area (Å²) in [4.78, 5) is 29.7. The van der Waals surface area contributed by atoms with Crippen molar-refractivity contribution < 1.29 is 4.79 Å². The fourth-order valence-corrected chi connectivity index (χ4v) is 3.44. The first-order chi connectivity index (χ1) is 14.0. The smallest absolute Gasteiger partial charge is 0.324 e. The highest BCUT2D eigenvalue weighted by molar-refractivity contribution is 6.31. The van der Waals surface area contributed by atoms with Crippen LogP contribution in [0.25, 0.3) is 22.2 Å². The van der Waals surface area contributed by atoms with Crippen molar-refractivity contribution in [1.29, 1.82) is 0 Å². The Morgan fingerprint density at radius 1 is 1.03 bits per heavy atom. The molecule has 0 radical (unpaired) electrons. The molecule has 29 heavy (non-hydrogen) atoms. The number of carbonyl (C=O) groups is 1. The van der Waals surface area contributed by atoms with Crippen molar-refractivity contribution in [3.63, 3.8) is 0 Å². The summed E-state index contributed by atoms with van der Waals surface area (Å²) in [5, 5.41) is 4.10. The Morgan fingerprint density at radius 3 is 2.52 bits per heavy atom. The molecule has 6 heteroatoms. The summed E-state index contributed by atoms with van der Waals surface area (Å²) in [7, 11) is 0. The van der Waals surface area contributed by atoms with Gasteiger partial charge in [0.1, 0.15) is 6.54 Å². The number of hydrogen-bond donors (Lipinski definition) is 1. The van der Waals surface area contributed by atoms with Crippen molar-refractivity contribution in [2.75, 3.05) is 5.32 Å². The molecule has 1 aromatic heterocycles. The van der Waals surface area contributed by atoms with E-state index in [1.165, 1.54) is 4.57 Å². The molecular formula is C23H18ClN3O2. The monoisotopic (exact) mass is 403 g/mol. The molecule has 1 amide bonds. The topological polar surface area (TPSA) is 64.0 Å². The summed E-state index contributed by atoms with van der Waals surface area (Å²) in [5.74, 6) is -0.299. The zero-order chi connectivity index (χ0) is 20.4. The molecule has 0 aliphatic heterocycles. The third-order valence-corrected chi connectivity index (χ3v) is 4.95. The van der Waals surface area contributed by atoms with Crippen molar-refractivity contribution in [2.24, 2.45) is 0 Å². The van der Waals surface area contributed by atoms with Gasteiger partial charge in [-0.1, -0.05) is 60.1 Å². The molecule has 1 N–H and O–H groups in total. The number of amides is 1. The first-order valence-electron chi connectivity index (χ1n) is 9.14. The molecule has 0 saturated carbocycles. The van der Waals surface area contributed by atoms with Gasteiger partial charge in [-0.3, -0.25) is 9.36 Å². The molecule has 144 valence electrons. The molecule has 0 spiro atoms. The van der Waals surface area contributed by atoms with E-state index in [0.29, 0.717) is 27.3 Å². The first-order valence-corrected chi connectivity index (χ1v) is 9.52. The standard InChI is InChI=1S/C23H18ClN3O2/c1-15-7-5-6-10-19(15)25-21(28)14-27-20-12-11-17(24)13-18(20)22(26-23(27)29)16-8-3-2-4-9-16/h2-13H,14H2,1H3,(H,25,28). The lowest BCUT2D eigenvalue weighted by atomic mass is 10.1. The van der Waals surface area contributed by atoms with Crippen LogP contribution in [0, 0.1) is 6.92 Å². The summed E-state index contributed by atoms with van der Waals surface area (Å²) in [6.45, 7) is 1.77. The van der Waals surface area contributed by atoms with Crippen LogP contribution in [-0.2, 0) is 11.3 Å². The van der Waals surface area contributed by atoms with Crippen LogP contribution < -0.4 is 11.0 Å². The van der Waals surface area contributed by atoms with Crippen molar-refractivity contribution in [2.45, 2.75) is 13.5 Å². The molecule has 0 atom stereocenters. The maximum atomic E-state index is 12.8. The first kappa shape index (κ1) is 18.9. The molecule has 0 fully saturated rings. The summed E-state index contributed by atoms with van der Waals surface area (Å²) in [6.07, 6.45) is 0. The van der Waals surface area contributed by atoms with Crippen LogP contribution in [0.3, 0.4) is 0 Å². The van der Waals surface area contributed by atoms with E-state index < -0.39 is 5.69 Å². The molecule has 0 bridgehead atoms. The minimum absolute atomic E-state index is 0.145. The number of fused-ring (bicyclic) bond motifs is 1. The average molecular weight is 404 g/mol. The lowest BCUT2D eigenvalue weighted by Crippen LogP contribution is -2.30. The third kappa shape index (κ3) is 3.91. The molecule has 0 saturated heterocycles. The number of nitrogens with zero attached hydrogens (tertiary/aromatic N) is 2. The summed E-state index contributed by atoms with van der Waals surface area (Å²) in [6, 6.07) is 22.1. The number of anilines is 1. The highest BCUT2D eigenvalue weighted by Gasteiger charge is 2.15. The second-order valence-electron chi connectivity index (χ2n) is 6.72. The van der Waals surface area contributed by atoms with Crippen molar-refractivity contribution in [3.05, 3.63) is 93.9 Å². The van der Waals surface area contributed by atoms with Crippen LogP contribution in [0.4, 0.5) is 5.69 Å². The molecule has 1 heterocycles. The quantitative estimate of drug-likeness (QED) is 0.538. The van der Waals surface area contributed by atoms with Gasteiger partial charge in [0.05, 0.1) is 11.2 Å². The molecule has 4 rings (SSSR count). The van der Waals surface area contributed by atoms with Gasteiger partial charge >= 0.3 is 5.69 Å². The van der Waals surface area contributed by atoms with E-state index in [1.54, 1.807) is 18.2 Å². The number of para-hydroxylation sites is 1. The number of halogens is 1. The van der Waals surface area contributed by atoms with Crippen LogP contribution in [0.2, 0.25) is 5.02 Å². The second-order valence-corrected chi connectivity index (χ2v) is 7.16. The van der Waals surface area contributed by atoms with Gasteiger partial charge < -0.3 is 5.32 Å². The molecule has 0 unspecified atom stereocenters. The van der Waals surface area contributed by atoms with Gasteiger partial charge in [-0.15, -0.1) is 0 Å². The lowest BCUT2D eigenvalue weighted by Gasteiger charge is -2.14. The van der Waals surface area contributed by atoms with E-state index >= 15 is 0 Å². The Labute approximate surface area is 172 Å². The number of aryl methyl sites for hydroxylation is 1. The van der Waals surface area contributed by atoms with Gasteiger partial charge in [-0.05, 0) is 36.8 Å². The number of aromatic nitrogens is 2. The van der Waals surface area contributed by atoms with Crippen LogP contribution in [-0.4, -0.2) is 15.5 Å². The summed E-state index contributed by atoms with van der Waals surface area (Å²) >= 11 is 6.21. The minimum atomic E-state index is -0.487. The average Bonchev–Trinajstić information content (AvgIpc) is 2.72. The fraction of sp³-hybridized carbons (Fsp3) is 0.0870. The lowest BCUT2D eigenvalue weighted by molar-refractivity contribution is -0.116. The molecule has 4 aromatic rings. The maximum Gasteiger partial charge on any atom is 0.349 e. The summed E-state index contributed by atoms with van der Waals surface area (Å²) < 4.78 is 1.37. The molecule has 0 aliphatic rings. The van der Waals surface area contributed by atoms with Gasteiger partial charge in [0.15, 0.2) is 0 Å². The molecule has 0 aliphatic carbocycles. The number of hydrogen-bond acceptors (Lipinski definition) is 3. The van der Waals surface area contributed by atoms with Crippen molar-refractivity contribution in [1.82, 2.24) is 9.55 Å². The number of benzene rings is 3. The highest BCUT2D eigenvalue weighted by Crippen LogP contribution is 2.27. The number of rotatable bonds is 4. The van der Waals surface area contributed by atoms with E-state index in [1.807, 2.05) is 61.5 Å². The van der Waals surface area contributed by atoms with Gasteiger partial charge in [0.25, 0.3) is 0 Å². The second kappa shape index (κ2) is 7.89. The molecule has 3 aromatic carbocycles. The number of carbonyl (C=O) groups excluding carboxylic acids is 1. The predicted octanol–water partition coefficient (Wildman–Crippen LogP) is 4.66. The van der Waals surface area contributed by atoms with Crippen LogP contribution in [0.5, 0.6) is 0 Å². The highest BCUT2D eigenvalue weighted by atomic mass is 35.5. The number of nitrogens with one attached hydrogen (secondary N) is 1. The maximum absolute atomic E-state index is 12.8. The summed E-state index contributed by atoms with van der Waals surface area (Å²) in [5.41, 5.74) is 3.14. The van der Waals surface area contributed by atoms with Crippen LogP contribution in [0.1, 0.15) is 5.56 Å². The third-order valence-electron chi connectivity index (χ3n) is 4.71. The SMILES string of the molecule is Cc1ccccc1NC(=O)Cn1c(=O)nc(-c2ccccc2)c2cc(Cl)ccc21. The van der Waals surface area contributed by atoms with Gasteiger partial charge in [0, 0.05) is 21.7 Å². The minimum Gasteiger partial charge on any atom is -0.324 e. The van der Waals surface area contributed by atoms with Gasteiger partial charge in [-0.25, -0.2) is 4.79 Å². The van der Waals surface area contributed by atoms with E-state index in [0.717, 1.165) is 11.1 Å². The molecular weight excluding hydrogens is 386 g/mol. The Morgan fingerprint density at radius 2 is 1.76 bits per heavy atom. The van der Waals surface area contributed by atoms with E-state index in [9.17, 15) is 9.59 Å². The molecule has 5 nitrogen and oxygen atoms in total. The van der Waals surface area contributed by atoms with Crippen LogP contribution in [0.15, 0.2) is 77.6 Å². The zero-order valence-electron chi connectivity index (χ0n) is 15.7. The normalized spacial score (nSPS) is 10.8.